The van der Waals surface area contributed by atoms with Crippen LogP contribution in [0.5, 0.6) is 0 Å². The van der Waals surface area contributed by atoms with E-state index in [9.17, 15) is 0 Å². The van der Waals surface area contributed by atoms with E-state index in [1.807, 2.05) is 0 Å². The van der Waals surface area contributed by atoms with Crippen molar-refractivity contribution in [2.75, 3.05) is 0 Å². The Bertz CT molecular complexity index is 100. The van der Waals surface area contributed by atoms with Gasteiger partial charge in [-0.25, -0.2) is 0 Å². The van der Waals surface area contributed by atoms with Gasteiger partial charge in [-0.1, -0.05) is 40.5 Å². The molecular weight excluding hydrogens is 148 g/mol. The van der Waals surface area contributed by atoms with Crippen molar-refractivity contribution >= 4 is 0 Å². The fourth-order valence-corrected chi connectivity index (χ4v) is 1.30. The van der Waals surface area contributed by atoms with Crippen LogP contribution in [0.25, 0.3) is 0 Å². The van der Waals surface area contributed by atoms with Crippen LogP contribution in [0, 0.1) is 11.8 Å². The van der Waals surface area contributed by atoms with Crippen molar-refractivity contribution < 1.29 is 0 Å². The molecule has 0 spiro atoms. The van der Waals surface area contributed by atoms with E-state index < -0.39 is 0 Å². The van der Waals surface area contributed by atoms with Gasteiger partial charge in [-0.15, -0.1) is 0 Å². The van der Waals surface area contributed by atoms with E-state index in [1.165, 1.54) is 0 Å². The van der Waals surface area contributed by atoms with Gasteiger partial charge in [0.05, 0.1) is 0 Å². The fourth-order valence-electron chi connectivity index (χ4n) is 1.30. The lowest BCUT2D eigenvalue weighted by atomic mass is 9.86. The smallest absolute Gasteiger partial charge is 0.0220 e. The second-order valence-corrected chi connectivity index (χ2v) is 3.93. The summed E-state index contributed by atoms with van der Waals surface area (Å²) in [4.78, 5) is 0. The fraction of sp³-hybridized carbons (Fsp3) is 1.00. The van der Waals surface area contributed by atoms with E-state index in [4.69, 9.17) is 11.5 Å². The van der Waals surface area contributed by atoms with Gasteiger partial charge in [-0.3, -0.25) is 0 Å². The summed E-state index contributed by atoms with van der Waals surface area (Å²) in [5, 5.41) is 0. The maximum Gasteiger partial charge on any atom is 0.0220 e. The molecule has 2 nitrogen and oxygen atoms in total. The van der Waals surface area contributed by atoms with E-state index >= 15 is 0 Å². The molecular formula is C10H24N2. The van der Waals surface area contributed by atoms with E-state index in [0.29, 0.717) is 11.8 Å². The van der Waals surface area contributed by atoms with E-state index in [2.05, 4.69) is 27.7 Å². The highest BCUT2D eigenvalue weighted by Gasteiger charge is 2.22. The van der Waals surface area contributed by atoms with Crippen LogP contribution in [0.4, 0.5) is 0 Å². The molecule has 0 aromatic carbocycles. The van der Waals surface area contributed by atoms with Crippen LogP contribution < -0.4 is 11.5 Å². The van der Waals surface area contributed by atoms with Crippen molar-refractivity contribution in [1.29, 1.82) is 0 Å². The van der Waals surface area contributed by atoms with Crippen LogP contribution in [-0.4, -0.2) is 12.1 Å². The molecule has 0 rings (SSSR count). The molecule has 0 radical (unpaired) electrons. The molecule has 0 bridgehead atoms. The van der Waals surface area contributed by atoms with Gasteiger partial charge in [-0.05, 0) is 11.8 Å². The van der Waals surface area contributed by atoms with Gasteiger partial charge in [0.1, 0.15) is 0 Å². The van der Waals surface area contributed by atoms with Crippen LogP contribution in [0.2, 0.25) is 0 Å². The first-order chi connectivity index (χ1) is 5.54. The number of hydrogen-bond donors (Lipinski definition) is 2. The quantitative estimate of drug-likeness (QED) is 0.663. The lowest BCUT2D eigenvalue weighted by molar-refractivity contribution is 0.308. The largest absolute Gasteiger partial charge is 0.326 e. The van der Waals surface area contributed by atoms with Gasteiger partial charge in [0.2, 0.25) is 0 Å². The number of rotatable bonds is 5. The maximum absolute atomic E-state index is 6.02. The molecule has 0 amide bonds. The van der Waals surface area contributed by atoms with Gasteiger partial charge < -0.3 is 11.5 Å². The minimum atomic E-state index is 0.157. The molecule has 4 N–H and O–H groups in total. The third kappa shape index (κ3) is 3.11. The third-order valence-corrected chi connectivity index (χ3v) is 3.05. The van der Waals surface area contributed by atoms with Crippen LogP contribution in [0.1, 0.15) is 40.5 Å². The average Bonchev–Trinajstić information content (AvgIpc) is 2.12. The molecule has 4 unspecified atom stereocenters. The number of hydrogen-bond acceptors (Lipinski definition) is 2. The molecule has 0 aliphatic heterocycles. The molecule has 0 aliphatic rings. The summed E-state index contributed by atoms with van der Waals surface area (Å²) in [6, 6.07) is 0.315. The molecule has 0 aliphatic carbocycles. The Morgan fingerprint density at radius 3 is 1.25 bits per heavy atom. The van der Waals surface area contributed by atoms with E-state index in [0.717, 1.165) is 12.8 Å². The highest BCUT2D eigenvalue weighted by atomic mass is 14.8. The monoisotopic (exact) mass is 172 g/mol. The van der Waals surface area contributed by atoms with Gasteiger partial charge >= 0.3 is 0 Å². The van der Waals surface area contributed by atoms with E-state index in [1.54, 1.807) is 0 Å². The molecule has 0 heterocycles. The predicted octanol–water partition coefficient (Wildman–Crippen LogP) is 1.73. The molecule has 2 heteroatoms. The molecule has 0 fully saturated rings. The van der Waals surface area contributed by atoms with Crippen molar-refractivity contribution in [2.24, 2.45) is 23.3 Å². The lowest BCUT2D eigenvalue weighted by Crippen LogP contribution is -2.49. The van der Waals surface area contributed by atoms with Crippen LogP contribution in [0.15, 0.2) is 0 Å². The summed E-state index contributed by atoms with van der Waals surface area (Å²) in [6.07, 6.45) is 2.23. The second-order valence-electron chi connectivity index (χ2n) is 3.93. The first-order valence-corrected chi connectivity index (χ1v) is 5.05. The van der Waals surface area contributed by atoms with Gasteiger partial charge in [0.15, 0.2) is 0 Å². The zero-order valence-electron chi connectivity index (χ0n) is 8.88. The zero-order valence-corrected chi connectivity index (χ0v) is 8.88. The van der Waals surface area contributed by atoms with Gasteiger partial charge in [0, 0.05) is 12.1 Å². The Morgan fingerprint density at radius 2 is 1.08 bits per heavy atom. The highest BCUT2D eigenvalue weighted by Crippen LogP contribution is 2.15. The lowest BCUT2D eigenvalue weighted by Gasteiger charge is -2.29. The zero-order chi connectivity index (χ0) is 9.72. The first-order valence-electron chi connectivity index (χ1n) is 5.05. The molecule has 74 valence electrons. The predicted molar refractivity (Wildman–Crippen MR) is 54.9 cm³/mol. The third-order valence-electron chi connectivity index (χ3n) is 3.05. The maximum atomic E-state index is 6.02. The number of nitrogens with two attached hydrogens (primary N) is 2. The summed E-state index contributed by atoms with van der Waals surface area (Å²) in [5.74, 6) is 1.07. The Hall–Kier alpha value is -0.0800. The Labute approximate surface area is 76.7 Å². The molecule has 0 aromatic rings. The van der Waals surface area contributed by atoms with Crippen molar-refractivity contribution in [3.63, 3.8) is 0 Å². The van der Waals surface area contributed by atoms with Crippen LogP contribution >= 0.6 is 0 Å². The SMILES string of the molecule is CCC(C)C(N)C(N)C(C)CC. The molecule has 12 heavy (non-hydrogen) atoms. The molecule has 0 aromatic heterocycles. The normalized spacial score (nSPS) is 21.5. The molecule has 4 atom stereocenters. The average molecular weight is 172 g/mol. The van der Waals surface area contributed by atoms with Crippen LogP contribution in [-0.2, 0) is 0 Å². The highest BCUT2D eigenvalue weighted by molar-refractivity contribution is 4.83. The summed E-state index contributed by atoms with van der Waals surface area (Å²) in [6.45, 7) is 8.67. The van der Waals surface area contributed by atoms with Crippen LogP contribution in [0.3, 0.4) is 0 Å². The standard InChI is InChI=1S/C10H24N2/c1-5-7(3)9(11)10(12)8(4)6-2/h7-10H,5-6,11-12H2,1-4H3. The van der Waals surface area contributed by atoms with Crippen molar-refractivity contribution in [3.8, 4) is 0 Å². The minimum absolute atomic E-state index is 0.157. The van der Waals surface area contributed by atoms with Crippen molar-refractivity contribution in [3.05, 3.63) is 0 Å². The molecule has 0 saturated carbocycles. The van der Waals surface area contributed by atoms with Crippen molar-refractivity contribution in [2.45, 2.75) is 52.6 Å². The first kappa shape index (κ1) is 11.9. The van der Waals surface area contributed by atoms with Crippen molar-refractivity contribution in [1.82, 2.24) is 0 Å². The summed E-state index contributed by atoms with van der Waals surface area (Å²) in [7, 11) is 0. The van der Waals surface area contributed by atoms with Gasteiger partial charge in [0.25, 0.3) is 0 Å². The summed E-state index contributed by atoms with van der Waals surface area (Å²) >= 11 is 0. The Balaban J connectivity index is 3.99. The topological polar surface area (TPSA) is 52.0 Å². The summed E-state index contributed by atoms with van der Waals surface area (Å²) < 4.78 is 0. The summed E-state index contributed by atoms with van der Waals surface area (Å²) in [5.41, 5.74) is 12.0. The minimum Gasteiger partial charge on any atom is -0.326 e. The Morgan fingerprint density at radius 1 is 0.833 bits per heavy atom. The molecule has 0 saturated heterocycles. The van der Waals surface area contributed by atoms with Gasteiger partial charge in [-0.2, -0.15) is 0 Å². The second kappa shape index (κ2) is 5.55. The van der Waals surface area contributed by atoms with E-state index in [-0.39, 0.29) is 12.1 Å². The Kier molecular flexibility index (Phi) is 5.51.